The summed E-state index contributed by atoms with van der Waals surface area (Å²) >= 11 is 0. The smallest absolute Gasteiger partial charge is 0.296 e. The second kappa shape index (κ2) is 8.74. The third kappa shape index (κ3) is 3.73. The molecule has 1 aliphatic rings. The molecule has 0 bridgehead atoms. The highest BCUT2D eigenvalue weighted by Gasteiger charge is 2.44. The molecule has 3 heterocycles. The number of anilines is 1. The molecule has 7 heteroatoms. The number of benzene rings is 2. The first-order chi connectivity index (χ1) is 16.5. The van der Waals surface area contributed by atoms with E-state index in [9.17, 15) is 14.0 Å². The van der Waals surface area contributed by atoms with Gasteiger partial charge in [-0.25, -0.2) is 9.37 Å². The molecular formula is C27H23FN2O4. The van der Waals surface area contributed by atoms with Crippen LogP contribution in [-0.2, 0) is 0 Å². The van der Waals surface area contributed by atoms with Crippen molar-refractivity contribution in [2.45, 2.75) is 32.7 Å². The van der Waals surface area contributed by atoms with E-state index in [0.717, 1.165) is 24.5 Å². The van der Waals surface area contributed by atoms with Crippen molar-refractivity contribution in [1.29, 1.82) is 0 Å². The van der Waals surface area contributed by atoms with E-state index < -0.39 is 23.2 Å². The first-order valence-corrected chi connectivity index (χ1v) is 11.2. The van der Waals surface area contributed by atoms with Gasteiger partial charge < -0.3 is 9.15 Å². The van der Waals surface area contributed by atoms with Gasteiger partial charge in [-0.05, 0) is 66.9 Å². The molecule has 172 valence electrons. The molecule has 1 atom stereocenters. The molecule has 5 rings (SSSR count). The normalized spacial score (nSPS) is 15.1. The molecule has 1 aliphatic heterocycles. The first kappa shape index (κ1) is 21.8. The van der Waals surface area contributed by atoms with Crippen LogP contribution in [-0.4, -0.2) is 17.5 Å². The fourth-order valence-electron chi connectivity index (χ4n) is 4.26. The zero-order valence-electron chi connectivity index (χ0n) is 18.9. The summed E-state index contributed by atoms with van der Waals surface area (Å²) in [7, 11) is 0. The Balaban J connectivity index is 1.72. The average Bonchev–Trinajstić information content (AvgIpc) is 3.12. The van der Waals surface area contributed by atoms with Crippen LogP contribution in [0.2, 0.25) is 0 Å². The van der Waals surface area contributed by atoms with Gasteiger partial charge >= 0.3 is 0 Å². The molecule has 4 aromatic rings. The van der Waals surface area contributed by atoms with Gasteiger partial charge in [0.05, 0.1) is 23.6 Å². The first-order valence-electron chi connectivity index (χ1n) is 11.2. The SMILES string of the molecule is CCCCOc1cccc(C2c3c(oc4ccc(F)cc4c3=O)C(=O)N2c2cc(C)ccn2)c1. The van der Waals surface area contributed by atoms with Gasteiger partial charge in [-0.15, -0.1) is 0 Å². The predicted octanol–water partition coefficient (Wildman–Crippen LogP) is 5.56. The predicted molar refractivity (Wildman–Crippen MR) is 127 cm³/mol. The van der Waals surface area contributed by atoms with Crippen molar-refractivity contribution in [2.24, 2.45) is 0 Å². The summed E-state index contributed by atoms with van der Waals surface area (Å²) in [6.07, 6.45) is 3.53. The lowest BCUT2D eigenvalue weighted by Gasteiger charge is -2.24. The van der Waals surface area contributed by atoms with E-state index in [0.29, 0.717) is 23.7 Å². The Morgan fingerprint density at radius 2 is 1.97 bits per heavy atom. The molecule has 0 saturated heterocycles. The van der Waals surface area contributed by atoms with Crippen LogP contribution in [0.1, 0.15) is 53.1 Å². The van der Waals surface area contributed by atoms with Crippen LogP contribution in [0.5, 0.6) is 5.75 Å². The number of nitrogens with zero attached hydrogens (tertiary/aromatic N) is 2. The van der Waals surface area contributed by atoms with Gasteiger partial charge in [0, 0.05) is 6.20 Å². The second-order valence-electron chi connectivity index (χ2n) is 8.36. The zero-order chi connectivity index (χ0) is 23.8. The third-order valence-corrected chi connectivity index (χ3v) is 5.92. The average molecular weight is 458 g/mol. The molecule has 6 nitrogen and oxygen atoms in total. The second-order valence-corrected chi connectivity index (χ2v) is 8.36. The highest BCUT2D eigenvalue weighted by Crippen LogP contribution is 2.41. The van der Waals surface area contributed by atoms with Crippen molar-refractivity contribution in [3.8, 4) is 5.75 Å². The van der Waals surface area contributed by atoms with E-state index in [1.807, 2.05) is 37.3 Å². The van der Waals surface area contributed by atoms with E-state index in [-0.39, 0.29) is 22.3 Å². The minimum atomic E-state index is -0.796. The number of halogens is 1. The summed E-state index contributed by atoms with van der Waals surface area (Å²) < 4.78 is 25.7. The van der Waals surface area contributed by atoms with Crippen molar-refractivity contribution < 1.29 is 18.3 Å². The van der Waals surface area contributed by atoms with Crippen molar-refractivity contribution in [3.63, 3.8) is 0 Å². The Labute approximate surface area is 195 Å². The maximum atomic E-state index is 14.0. The molecule has 2 aromatic carbocycles. The fourth-order valence-corrected chi connectivity index (χ4v) is 4.26. The van der Waals surface area contributed by atoms with Crippen LogP contribution in [0.15, 0.2) is 70.0 Å². The monoisotopic (exact) mass is 458 g/mol. The maximum absolute atomic E-state index is 14.0. The number of rotatable bonds is 6. The van der Waals surface area contributed by atoms with Gasteiger partial charge in [-0.1, -0.05) is 25.5 Å². The van der Waals surface area contributed by atoms with Gasteiger partial charge in [0.15, 0.2) is 5.43 Å². The van der Waals surface area contributed by atoms with Gasteiger partial charge in [-0.3, -0.25) is 14.5 Å². The lowest BCUT2D eigenvalue weighted by molar-refractivity contribution is 0.0970. The van der Waals surface area contributed by atoms with E-state index in [1.165, 1.54) is 17.0 Å². The lowest BCUT2D eigenvalue weighted by Crippen LogP contribution is -2.30. The summed E-state index contributed by atoms with van der Waals surface area (Å²) in [6, 6.07) is 13.8. The molecule has 0 radical (unpaired) electrons. The van der Waals surface area contributed by atoms with E-state index in [4.69, 9.17) is 9.15 Å². The van der Waals surface area contributed by atoms with Crippen LogP contribution in [0.3, 0.4) is 0 Å². The molecule has 0 spiro atoms. The number of aromatic nitrogens is 1. The summed E-state index contributed by atoms with van der Waals surface area (Å²) in [4.78, 5) is 33.0. The summed E-state index contributed by atoms with van der Waals surface area (Å²) in [5.74, 6) is -0.0498. The summed E-state index contributed by atoms with van der Waals surface area (Å²) in [6.45, 7) is 4.55. The Morgan fingerprint density at radius 1 is 1.12 bits per heavy atom. The Morgan fingerprint density at radius 3 is 2.76 bits per heavy atom. The number of carbonyl (C=O) groups is 1. The largest absolute Gasteiger partial charge is 0.494 e. The molecule has 0 N–H and O–H groups in total. The van der Waals surface area contributed by atoms with Crippen LogP contribution in [0.4, 0.5) is 10.2 Å². The van der Waals surface area contributed by atoms with Crippen molar-refractivity contribution in [3.05, 3.63) is 99.3 Å². The minimum absolute atomic E-state index is 0.0604. The number of aryl methyl sites for hydroxylation is 1. The number of unbranched alkanes of at least 4 members (excludes halogenated alkanes) is 1. The Bertz CT molecular complexity index is 1460. The van der Waals surface area contributed by atoms with Crippen molar-refractivity contribution >= 4 is 22.7 Å². The number of amides is 1. The fraction of sp³-hybridized carbons (Fsp3) is 0.222. The number of ether oxygens (including phenoxy) is 1. The lowest BCUT2D eigenvalue weighted by atomic mass is 9.98. The number of carbonyl (C=O) groups excluding carboxylic acids is 1. The molecule has 0 saturated carbocycles. The van der Waals surface area contributed by atoms with Crippen molar-refractivity contribution in [2.75, 3.05) is 11.5 Å². The van der Waals surface area contributed by atoms with Crippen LogP contribution in [0, 0.1) is 12.7 Å². The number of pyridine rings is 1. The highest BCUT2D eigenvalue weighted by molar-refractivity contribution is 6.10. The Kier molecular flexibility index (Phi) is 5.61. The van der Waals surface area contributed by atoms with Gasteiger partial charge in [0.25, 0.3) is 5.91 Å². The standard InChI is InChI=1S/C27H23FN2O4/c1-3-4-12-33-19-7-5-6-17(14-19)24-23-25(31)20-15-18(28)8-9-21(20)34-26(23)27(32)30(24)22-13-16(2)10-11-29-22/h5-11,13-15,24H,3-4,12H2,1-2H3. The molecular weight excluding hydrogens is 435 g/mol. The summed E-state index contributed by atoms with van der Waals surface area (Å²) in [5.41, 5.74) is 1.47. The minimum Gasteiger partial charge on any atom is -0.494 e. The third-order valence-electron chi connectivity index (χ3n) is 5.92. The molecule has 34 heavy (non-hydrogen) atoms. The summed E-state index contributed by atoms with van der Waals surface area (Å²) in [5, 5.41) is 0.0888. The van der Waals surface area contributed by atoms with Crippen LogP contribution >= 0.6 is 0 Å². The van der Waals surface area contributed by atoms with Crippen LogP contribution < -0.4 is 15.1 Å². The maximum Gasteiger partial charge on any atom is 0.296 e. The van der Waals surface area contributed by atoms with Crippen molar-refractivity contribution in [1.82, 2.24) is 4.98 Å². The van der Waals surface area contributed by atoms with Gasteiger partial charge in [0.2, 0.25) is 5.76 Å². The molecule has 2 aromatic heterocycles. The molecule has 1 amide bonds. The van der Waals surface area contributed by atoms with E-state index in [2.05, 4.69) is 11.9 Å². The number of hydrogen-bond acceptors (Lipinski definition) is 5. The zero-order valence-corrected chi connectivity index (χ0v) is 18.9. The molecule has 0 fully saturated rings. The quantitative estimate of drug-likeness (QED) is 0.354. The number of fused-ring (bicyclic) bond motifs is 2. The van der Waals surface area contributed by atoms with E-state index in [1.54, 1.807) is 12.3 Å². The Hall–Kier alpha value is -4.00. The van der Waals surface area contributed by atoms with Gasteiger partial charge in [0.1, 0.15) is 23.0 Å². The van der Waals surface area contributed by atoms with E-state index >= 15 is 0 Å². The van der Waals surface area contributed by atoms with Gasteiger partial charge in [-0.2, -0.15) is 0 Å². The topological polar surface area (TPSA) is 72.6 Å². The highest BCUT2D eigenvalue weighted by atomic mass is 19.1. The molecule has 1 unspecified atom stereocenters. The van der Waals surface area contributed by atoms with Crippen LogP contribution in [0.25, 0.3) is 11.0 Å². The number of hydrogen-bond donors (Lipinski definition) is 0. The molecule has 0 aliphatic carbocycles.